The summed E-state index contributed by atoms with van der Waals surface area (Å²) < 4.78 is 5.24. The number of halogens is 1. The van der Waals surface area contributed by atoms with Crippen molar-refractivity contribution in [2.24, 2.45) is 0 Å². The molecule has 1 N–H and O–H groups in total. The van der Waals surface area contributed by atoms with E-state index >= 15 is 0 Å². The molecule has 0 radical (unpaired) electrons. The van der Waals surface area contributed by atoms with E-state index in [9.17, 15) is 14.7 Å². The number of unbranched alkanes of at least 4 members (excludes halogenated alkanes) is 1. The van der Waals surface area contributed by atoms with Crippen molar-refractivity contribution in [2.45, 2.75) is 45.6 Å². The number of ether oxygens (including phenoxy) is 1. The lowest BCUT2D eigenvalue weighted by Crippen LogP contribution is -2.30. The van der Waals surface area contributed by atoms with Gasteiger partial charge in [-0.1, -0.05) is 63.1 Å². The van der Waals surface area contributed by atoms with Crippen molar-refractivity contribution < 1.29 is 19.4 Å². The number of ketones is 1. The van der Waals surface area contributed by atoms with Crippen molar-refractivity contribution in [1.29, 1.82) is 0 Å². The van der Waals surface area contributed by atoms with Crippen LogP contribution in [0.4, 0.5) is 0 Å². The van der Waals surface area contributed by atoms with Gasteiger partial charge in [-0.3, -0.25) is 9.59 Å². The quantitative estimate of drug-likeness (QED) is 0.340. The van der Waals surface area contributed by atoms with E-state index in [0.717, 1.165) is 24.0 Å². The van der Waals surface area contributed by atoms with Gasteiger partial charge in [-0.25, -0.2) is 0 Å². The van der Waals surface area contributed by atoms with Crippen LogP contribution in [0.5, 0.6) is 5.75 Å². The summed E-state index contributed by atoms with van der Waals surface area (Å²) in [5.74, 6) is -0.759. The van der Waals surface area contributed by atoms with Gasteiger partial charge in [0.1, 0.15) is 11.5 Å². The highest BCUT2D eigenvalue weighted by Gasteiger charge is 2.45. The van der Waals surface area contributed by atoms with E-state index < -0.39 is 17.7 Å². The van der Waals surface area contributed by atoms with Crippen molar-refractivity contribution in [3.8, 4) is 5.75 Å². The van der Waals surface area contributed by atoms with Gasteiger partial charge in [-0.05, 0) is 41.7 Å². The standard InChI is InChI=1S/C25H28ClNO4/c1-5-6-13-27-22(17-9-7-16(8-10-17)15(2)3)21(24(29)25(27)30)23(28)18-11-12-19(26)20(14-18)31-4/h7-12,14-15,22,28H,5-6,13H2,1-4H3/b23-21-. The number of nitrogens with zero attached hydrogens (tertiary/aromatic N) is 1. The van der Waals surface area contributed by atoms with Crippen molar-refractivity contribution in [3.63, 3.8) is 0 Å². The average Bonchev–Trinajstić information content (AvgIpc) is 3.02. The van der Waals surface area contributed by atoms with E-state index in [-0.39, 0.29) is 11.3 Å². The third kappa shape index (κ3) is 4.47. The second kappa shape index (κ2) is 9.56. The van der Waals surface area contributed by atoms with Crippen LogP contribution >= 0.6 is 11.6 Å². The number of carbonyl (C=O) groups excluding carboxylic acids is 2. The molecule has 1 unspecified atom stereocenters. The molecule has 0 spiro atoms. The monoisotopic (exact) mass is 441 g/mol. The lowest BCUT2D eigenvalue weighted by molar-refractivity contribution is -0.139. The maximum atomic E-state index is 13.0. The Bertz CT molecular complexity index is 1010. The molecule has 0 saturated carbocycles. The van der Waals surface area contributed by atoms with Crippen molar-refractivity contribution in [3.05, 3.63) is 69.8 Å². The molecular weight excluding hydrogens is 414 g/mol. The number of aliphatic hydroxyl groups excluding tert-OH is 1. The molecule has 0 bridgehead atoms. The Kier molecular flexibility index (Phi) is 7.06. The van der Waals surface area contributed by atoms with E-state index in [4.69, 9.17) is 16.3 Å². The first kappa shape index (κ1) is 22.9. The molecule has 164 valence electrons. The zero-order chi connectivity index (χ0) is 22.7. The molecule has 3 rings (SSSR count). The zero-order valence-electron chi connectivity index (χ0n) is 18.3. The predicted molar refractivity (Wildman–Crippen MR) is 122 cm³/mol. The van der Waals surface area contributed by atoms with Gasteiger partial charge in [0.25, 0.3) is 11.7 Å². The van der Waals surface area contributed by atoms with Gasteiger partial charge in [0.05, 0.1) is 23.7 Å². The summed E-state index contributed by atoms with van der Waals surface area (Å²) in [7, 11) is 1.48. The van der Waals surface area contributed by atoms with Gasteiger partial charge in [-0.15, -0.1) is 0 Å². The largest absolute Gasteiger partial charge is 0.507 e. The molecule has 1 heterocycles. The SMILES string of the molecule is CCCCN1C(=O)C(=O)/C(=C(\O)c2ccc(Cl)c(OC)c2)C1c1ccc(C(C)C)cc1. The highest BCUT2D eigenvalue weighted by molar-refractivity contribution is 6.46. The van der Waals surface area contributed by atoms with E-state index in [1.54, 1.807) is 23.1 Å². The lowest BCUT2D eigenvalue weighted by Gasteiger charge is -2.25. The van der Waals surface area contributed by atoms with Crippen molar-refractivity contribution in [2.75, 3.05) is 13.7 Å². The minimum absolute atomic E-state index is 0.0859. The number of Topliss-reactive ketones (excluding diaryl/α,β-unsaturated/α-hetero) is 1. The van der Waals surface area contributed by atoms with Crippen LogP contribution in [0.3, 0.4) is 0 Å². The second-order valence-electron chi connectivity index (χ2n) is 8.02. The van der Waals surface area contributed by atoms with E-state index in [1.165, 1.54) is 7.11 Å². The number of methoxy groups -OCH3 is 1. The minimum Gasteiger partial charge on any atom is -0.507 e. The molecule has 2 aromatic rings. The Labute approximate surface area is 188 Å². The van der Waals surface area contributed by atoms with Crippen LogP contribution in [-0.2, 0) is 9.59 Å². The molecule has 1 aliphatic heterocycles. The molecule has 6 heteroatoms. The highest BCUT2D eigenvalue weighted by atomic mass is 35.5. The van der Waals surface area contributed by atoms with Gasteiger partial charge in [0, 0.05) is 12.1 Å². The number of hydrogen-bond donors (Lipinski definition) is 1. The third-order valence-electron chi connectivity index (χ3n) is 5.64. The molecule has 1 fully saturated rings. The Morgan fingerprint density at radius 3 is 2.42 bits per heavy atom. The molecule has 1 atom stereocenters. The topological polar surface area (TPSA) is 66.8 Å². The summed E-state index contributed by atoms with van der Waals surface area (Å²) in [6.07, 6.45) is 1.65. The van der Waals surface area contributed by atoms with E-state index in [2.05, 4.69) is 13.8 Å². The Hall–Kier alpha value is -2.79. The van der Waals surface area contributed by atoms with Gasteiger partial charge in [0.2, 0.25) is 0 Å². The fourth-order valence-corrected chi connectivity index (χ4v) is 4.01. The summed E-state index contributed by atoms with van der Waals surface area (Å²) in [6.45, 7) is 6.69. The van der Waals surface area contributed by atoms with E-state index in [1.807, 2.05) is 31.2 Å². The van der Waals surface area contributed by atoms with Crippen molar-refractivity contribution in [1.82, 2.24) is 4.90 Å². The summed E-state index contributed by atoms with van der Waals surface area (Å²) in [6, 6.07) is 12.0. The normalized spacial score (nSPS) is 18.1. The third-order valence-corrected chi connectivity index (χ3v) is 5.95. The molecule has 1 saturated heterocycles. The summed E-state index contributed by atoms with van der Waals surface area (Å²) in [5, 5.41) is 11.5. The number of hydrogen-bond acceptors (Lipinski definition) is 4. The van der Waals surface area contributed by atoms with Gasteiger partial charge in [0.15, 0.2) is 0 Å². The highest BCUT2D eigenvalue weighted by Crippen LogP contribution is 2.40. The molecule has 31 heavy (non-hydrogen) atoms. The summed E-state index contributed by atoms with van der Waals surface area (Å²) >= 11 is 6.11. The number of likely N-dealkylation sites (tertiary alicyclic amines) is 1. The molecule has 1 amide bonds. The number of rotatable bonds is 7. The van der Waals surface area contributed by atoms with Crippen LogP contribution in [0, 0.1) is 0 Å². The zero-order valence-corrected chi connectivity index (χ0v) is 19.1. The minimum atomic E-state index is -0.680. The maximum absolute atomic E-state index is 13.0. The first-order chi connectivity index (χ1) is 14.8. The van der Waals surface area contributed by atoms with Crippen LogP contribution in [-0.4, -0.2) is 35.4 Å². The number of carbonyl (C=O) groups is 2. The fourth-order valence-electron chi connectivity index (χ4n) is 3.81. The first-order valence-electron chi connectivity index (χ1n) is 10.5. The van der Waals surface area contributed by atoms with Crippen LogP contribution < -0.4 is 4.74 Å². The number of amides is 1. The Morgan fingerprint density at radius 2 is 1.84 bits per heavy atom. The van der Waals surface area contributed by atoms with Crippen molar-refractivity contribution >= 4 is 29.1 Å². The Balaban J connectivity index is 2.16. The molecule has 0 aliphatic carbocycles. The summed E-state index contributed by atoms with van der Waals surface area (Å²) in [5.41, 5.74) is 2.42. The van der Waals surface area contributed by atoms with Crippen LogP contribution in [0.1, 0.15) is 62.3 Å². The molecule has 5 nitrogen and oxygen atoms in total. The molecule has 1 aliphatic rings. The number of benzene rings is 2. The summed E-state index contributed by atoms with van der Waals surface area (Å²) in [4.78, 5) is 27.5. The number of aliphatic hydroxyl groups is 1. The maximum Gasteiger partial charge on any atom is 0.295 e. The second-order valence-corrected chi connectivity index (χ2v) is 8.42. The predicted octanol–water partition coefficient (Wildman–Crippen LogP) is 5.69. The lowest BCUT2D eigenvalue weighted by atomic mass is 9.93. The molecular formula is C25H28ClNO4. The van der Waals surface area contributed by atoms with Gasteiger partial charge >= 0.3 is 0 Å². The molecule has 0 aromatic heterocycles. The van der Waals surface area contributed by atoms with Crippen LogP contribution in [0.25, 0.3) is 5.76 Å². The van der Waals surface area contributed by atoms with E-state index in [0.29, 0.717) is 28.8 Å². The van der Waals surface area contributed by atoms with Crippen LogP contribution in [0.15, 0.2) is 48.0 Å². The van der Waals surface area contributed by atoms with Crippen LogP contribution in [0.2, 0.25) is 5.02 Å². The first-order valence-corrected chi connectivity index (χ1v) is 10.9. The Morgan fingerprint density at radius 1 is 1.16 bits per heavy atom. The smallest absolute Gasteiger partial charge is 0.295 e. The van der Waals surface area contributed by atoms with Gasteiger partial charge in [-0.2, -0.15) is 0 Å². The fraction of sp³-hybridized carbons (Fsp3) is 0.360. The molecule has 2 aromatic carbocycles. The van der Waals surface area contributed by atoms with Gasteiger partial charge < -0.3 is 14.7 Å². The average molecular weight is 442 g/mol.